The molecule has 0 radical (unpaired) electrons. The minimum atomic E-state index is -0.360. The summed E-state index contributed by atoms with van der Waals surface area (Å²) in [7, 11) is 1.77. The lowest BCUT2D eigenvalue weighted by molar-refractivity contribution is -0.129. The number of benzene rings is 1. The number of carbonyl (C=O) groups is 1. The summed E-state index contributed by atoms with van der Waals surface area (Å²) in [6.45, 7) is 1.68. The fourth-order valence-electron chi connectivity index (χ4n) is 1.78. The molecule has 1 aromatic rings. The molecule has 0 unspecified atom stereocenters. The van der Waals surface area contributed by atoms with E-state index < -0.39 is 0 Å². The van der Waals surface area contributed by atoms with Gasteiger partial charge in [-0.15, -0.1) is 0 Å². The van der Waals surface area contributed by atoms with Crippen LogP contribution in [0.3, 0.4) is 0 Å². The summed E-state index contributed by atoms with van der Waals surface area (Å²) >= 11 is 0. The molecule has 5 heteroatoms. The Bertz CT molecular complexity index is 422. The SMILES string of the molecule is CN1CCN(c2ccc(F)cc2N)CC1=O. The van der Waals surface area contributed by atoms with E-state index in [1.54, 1.807) is 18.0 Å². The Hall–Kier alpha value is -1.78. The minimum Gasteiger partial charge on any atom is -0.397 e. The van der Waals surface area contributed by atoms with Crippen molar-refractivity contribution in [2.45, 2.75) is 0 Å². The molecule has 1 amide bonds. The van der Waals surface area contributed by atoms with Crippen molar-refractivity contribution >= 4 is 17.3 Å². The number of nitrogens with zero attached hydrogens (tertiary/aromatic N) is 2. The third-order valence-electron chi connectivity index (χ3n) is 2.79. The molecule has 4 nitrogen and oxygen atoms in total. The molecule has 0 atom stereocenters. The van der Waals surface area contributed by atoms with Gasteiger partial charge in [-0.3, -0.25) is 4.79 Å². The number of halogens is 1. The van der Waals surface area contributed by atoms with Gasteiger partial charge in [0, 0.05) is 20.1 Å². The van der Waals surface area contributed by atoms with Gasteiger partial charge in [-0.1, -0.05) is 0 Å². The smallest absolute Gasteiger partial charge is 0.241 e. The first kappa shape index (κ1) is 10.7. The van der Waals surface area contributed by atoms with Crippen molar-refractivity contribution in [3.05, 3.63) is 24.0 Å². The van der Waals surface area contributed by atoms with Crippen LogP contribution in [-0.2, 0) is 4.79 Å². The molecule has 1 aliphatic rings. The fraction of sp³-hybridized carbons (Fsp3) is 0.364. The van der Waals surface area contributed by atoms with Crippen molar-refractivity contribution in [1.29, 1.82) is 0 Å². The summed E-state index contributed by atoms with van der Waals surface area (Å²) in [5.41, 5.74) is 6.82. The second kappa shape index (κ2) is 4.00. The van der Waals surface area contributed by atoms with Gasteiger partial charge in [-0.2, -0.15) is 0 Å². The number of anilines is 2. The van der Waals surface area contributed by atoms with E-state index in [2.05, 4.69) is 0 Å². The van der Waals surface area contributed by atoms with Crippen LogP contribution in [-0.4, -0.2) is 37.5 Å². The fourth-order valence-corrected chi connectivity index (χ4v) is 1.78. The first-order valence-corrected chi connectivity index (χ1v) is 5.12. The van der Waals surface area contributed by atoms with Crippen LogP contribution in [0.5, 0.6) is 0 Å². The molecule has 86 valence electrons. The Labute approximate surface area is 93.4 Å². The van der Waals surface area contributed by atoms with Gasteiger partial charge in [0.05, 0.1) is 17.9 Å². The van der Waals surface area contributed by atoms with Crippen molar-refractivity contribution in [3.8, 4) is 0 Å². The number of amides is 1. The van der Waals surface area contributed by atoms with Gasteiger partial charge in [0.25, 0.3) is 0 Å². The number of rotatable bonds is 1. The molecule has 1 fully saturated rings. The standard InChI is InChI=1S/C11H14FN3O/c1-14-4-5-15(7-11(14)16)10-3-2-8(12)6-9(10)13/h2-3,6H,4-5,7,13H2,1H3. The zero-order valence-corrected chi connectivity index (χ0v) is 9.11. The molecule has 0 saturated carbocycles. The van der Waals surface area contributed by atoms with E-state index in [1.807, 2.05) is 4.90 Å². The van der Waals surface area contributed by atoms with Crippen LogP contribution < -0.4 is 10.6 Å². The molecule has 2 rings (SSSR count). The van der Waals surface area contributed by atoms with Crippen molar-refractivity contribution in [3.63, 3.8) is 0 Å². The Balaban J connectivity index is 2.22. The third kappa shape index (κ3) is 1.93. The number of nitrogens with two attached hydrogens (primary N) is 1. The van der Waals surface area contributed by atoms with E-state index >= 15 is 0 Å². The number of likely N-dealkylation sites (N-methyl/N-ethyl adjacent to an activating group) is 1. The zero-order valence-electron chi connectivity index (χ0n) is 9.11. The lowest BCUT2D eigenvalue weighted by Gasteiger charge is -2.34. The molecule has 1 aromatic carbocycles. The maximum atomic E-state index is 12.9. The van der Waals surface area contributed by atoms with Gasteiger partial charge in [0.1, 0.15) is 5.82 Å². The largest absolute Gasteiger partial charge is 0.397 e. The molecule has 0 aliphatic carbocycles. The van der Waals surface area contributed by atoms with Gasteiger partial charge in [-0.05, 0) is 18.2 Å². The lowest BCUT2D eigenvalue weighted by Crippen LogP contribution is -2.48. The summed E-state index contributed by atoms with van der Waals surface area (Å²) in [6, 6.07) is 4.25. The molecular weight excluding hydrogens is 209 g/mol. The van der Waals surface area contributed by atoms with E-state index in [0.29, 0.717) is 18.8 Å². The maximum Gasteiger partial charge on any atom is 0.241 e. The molecule has 1 saturated heterocycles. The van der Waals surface area contributed by atoms with Crippen LogP contribution >= 0.6 is 0 Å². The highest BCUT2D eigenvalue weighted by Gasteiger charge is 2.22. The average Bonchev–Trinajstić information content (AvgIpc) is 2.22. The van der Waals surface area contributed by atoms with Crippen molar-refractivity contribution < 1.29 is 9.18 Å². The van der Waals surface area contributed by atoms with Crippen molar-refractivity contribution in [1.82, 2.24) is 4.90 Å². The van der Waals surface area contributed by atoms with Crippen LogP contribution in [0.25, 0.3) is 0 Å². The number of carbonyl (C=O) groups excluding carboxylic acids is 1. The normalized spacial score (nSPS) is 16.8. The van der Waals surface area contributed by atoms with E-state index in [9.17, 15) is 9.18 Å². The quantitative estimate of drug-likeness (QED) is 0.712. The number of hydrogen-bond acceptors (Lipinski definition) is 3. The molecule has 2 N–H and O–H groups in total. The van der Waals surface area contributed by atoms with Crippen LogP contribution in [0, 0.1) is 5.82 Å². The second-order valence-corrected chi connectivity index (χ2v) is 3.94. The topological polar surface area (TPSA) is 49.6 Å². The van der Waals surface area contributed by atoms with E-state index in [4.69, 9.17) is 5.73 Å². The average molecular weight is 223 g/mol. The molecule has 0 spiro atoms. The minimum absolute atomic E-state index is 0.0509. The van der Waals surface area contributed by atoms with Crippen molar-refractivity contribution in [2.24, 2.45) is 0 Å². The lowest BCUT2D eigenvalue weighted by atomic mass is 10.2. The molecular formula is C11H14FN3O. The molecule has 16 heavy (non-hydrogen) atoms. The van der Waals surface area contributed by atoms with Gasteiger partial charge in [0.15, 0.2) is 0 Å². The maximum absolute atomic E-state index is 12.9. The predicted octanol–water partition coefficient (Wildman–Crippen LogP) is 0.686. The molecule has 0 aromatic heterocycles. The first-order chi connectivity index (χ1) is 7.58. The number of nitrogen functional groups attached to an aromatic ring is 1. The van der Waals surface area contributed by atoms with Crippen LogP contribution in [0.4, 0.5) is 15.8 Å². The zero-order chi connectivity index (χ0) is 11.7. The monoisotopic (exact) mass is 223 g/mol. The third-order valence-corrected chi connectivity index (χ3v) is 2.79. The van der Waals surface area contributed by atoms with E-state index in [-0.39, 0.29) is 11.7 Å². The van der Waals surface area contributed by atoms with E-state index in [1.165, 1.54) is 12.1 Å². The van der Waals surface area contributed by atoms with Gasteiger partial charge in [-0.25, -0.2) is 4.39 Å². The Morgan fingerprint density at radius 2 is 2.12 bits per heavy atom. The molecule has 0 bridgehead atoms. The van der Waals surface area contributed by atoms with Gasteiger partial charge in [0.2, 0.25) is 5.91 Å². The van der Waals surface area contributed by atoms with E-state index in [0.717, 1.165) is 12.2 Å². The number of piperazine rings is 1. The highest BCUT2D eigenvalue weighted by molar-refractivity contribution is 5.84. The Morgan fingerprint density at radius 1 is 1.38 bits per heavy atom. The molecule has 1 aliphatic heterocycles. The Kier molecular flexibility index (Phi) is 2.68. The summed E-state index contributed by atoms with van der Waals surface area (Å²) in [6.07, 6.45) is 0. The van der Waals surface area contributed by atoms with Crippen LogP contribution in [0.2, 0.25) is 0 Å². The summed E-state index contributed by atoms with van der Waals surface area (Å²) in [5.74, 6) is -0.309. The molecule has 1 heterocycles. The summed E-state index contributed by atoms with van der Waals surface area (Å²) in [4.78, 5) is 15.1. The summed E-state index contributed by atoms with van der Waals surface area (Å²) < 4.78 is 12.9. The first-order valence-electron chi connectivity index (χ1n) is 5.12. The Morgan fingerprint density at radius 3 is 2.75 bits per heavy atom. The summed E-state index contributed by atoms with van der Waals surface area (Å²) in [5, 5.41) is 0. The van der Waals surface area contributed by atoms with Gasteiger partial charge < -0.3 is 15.5 Å². The van der Waals surface area contributed by atoms with Crippen LogP contribution in [0.15, 0.2) is 18.2 Å². The predicted molar refractivity (Wildman–Crippen MR) is 60.7 cm³/mol. The second-order valence-electron chi connectivity index (χ2n) is 3.94. The van der Waals surface area contributed by atoms with Crippen molar-refractivity contribution in [2.75, 3.05) is 37.3 Å². The van der Waals surface area contributed by atoms with Crippen LogP contribution in [0.1, 0.15) is 0 Å². The highest BCUT2D eigenvalue weighted by atomic mass is 19.1. The highest BCUT2D eigenvalue weighted by Crippen LogP contribution is 2.24. The number of hydrogen-bond donors (Lipinski definition) is 1. The van der Waals surface area contributed by atoms with Gasteiger partial charge >= 0.3 is 0 Å².